The van der Waals surface area contributed by atoms with Gasteiger partial charge in [0.25, 0.3) is 0 Å². The lowest BCUT2D eigenvalue weighted by Crippen LogP contribution is -2.26. The minimum Gasteiger partial charge on any atom is -0.406 e. The van der Waals surface area contributed by atoms with Gasteiger partial charge in [0.2, 0.25) is 5.91 Å². The van der Waals surface area contributed by atoms with E-state index in [-0.39, 0.29) is 24.1 Å². The van der Waals surface area contributed by atoms with Gasteiger partial charge in [-0.3, -0.25) is 4.79 Å². The first-order valence-corrected chi connectivity index (χ1v) is 7.75. The zero-order valence-corrected chi connectivity index (χ0v) is 14.0. The van der Waals surface area contributed by atoms with Gasteiger partial charge in [0.1, 0.15) is 5.75 Å². The Morgan fingerprint density at radius 2 is 2.08 bits per heavy atom. The normalized spacial score (nSPS) is 17.2. The number of carbonyl (C=O) groups is 1. The molecule has 1 aromatic carbocycles. The van der Waals surface area contributed by atoms with Crippen LogP contribution < -0.4 is 15.4 Å². The Bertz CT molecular complexity index is 520. The molecule has 1 aromatic rings. The van der Waals surface area contributed by atoms with Crippen molar-refractivity contribution < 1.29 is 22.7 Å². The van der Waals surface area contributed by atoms with Crippen LogP contribution in [0, 0.1) is 5.92 Å². The van der Waals surface area contributed by atoms with Crippen LogP contribution in [0.4, 0.5) is 13.2 Å². The number of alkyl halides is 3. The summed E-state index contributed by atoms with van der Waals surface area (Å²) in [5, 5.41) is 6.00. The summed E-state index contributed by atoms with van der Waals surface area (Å²) < 4.78 is 41.0. The number of carbonyl (C=O) groups excluding carboxylic acids is 1. The summed E-state index contributed by atoms with van der Waals surface area (Å²) in [5.41, 5.74) is 0.421. The molecule has 1 heterocycles. The zero-order valence-electron chi connectivity index (χ0n) is 13.2. The highest BCUT2D eigenvalue weighted by molar-refractivity contribution is 5.85. The van der Waals surface area contributed by atoms with Crippen LogP contribution >= 0.6 is 12.4 Å². The van der Waals surface area contributed by atoms with Crippen molar-refractivity contribution in [3.8, 4) is 5.75 Å². The van der Waals surface area contributed by atoms with Gasteiger partial charge in [-0.2, -0.15) is 0 Å². The molecule has 0 aliphatic carbocycles. The molecular weight excluding hydrogens is 345 g/mol. The molecule has 1 unspecified atom stereocenters. The van der Waals surface area contributed by atoms with Crippen LogP contribution in [0.25, 0.3) is 0 Å². The number of amides is 1. The number of ether oxygens (including phenoxy) is 1. The fraction of sp³-hybridized carbons (Fsp3) is 0.562. The second-order valence-corrected chi connectivity index (χ2v) is 5.65. The van der Waals surface area contributed by atoms with Crippen molar-refractivity contribution in [1.82, 2.24) is 10.6 Å². The van der Waals surface area contributed by atoms with Crippen molar-refractivity contribution in [2.75, 3.05) is 19.6 Å². The average Bonchev–Trinajstić information content (AvgIpc) is 2.99. The van der Waals surface area contributed by atoms with Crippen molar-refractivity contribution in [2.45, 2.75) is 32.0 Å². The van der Waals surface area contributed by atoms with Crippen molar-refractivity contribution in [3.63, 3.8) is 0 Å². The number of nitrogens with one attached hydrogen (secondary N) is 2. The number of halogens is 4. The molecule has 8 heteroatoms. The molecule has 1 aliphatic rings. The predicted molar refractivity (Wildman–Crippen MR) is 87.3 cm³/mol. The van der Waals surface area contributed by atoms with Crippen LogP contribution in [-0.2, 0) is 11.2 Å². The van der Waals surface area contributed by atoms with Crippen LogP contribution in [0.1, 0.15) is 24.8 Å². The first-order valence-electron chi connectivity index (χ1n) is 7.75. The molecule has 1 atom stereocenters. The summed E-state index contributed by atoms with van der Waals surface area (Å²) in [6.45, 7) is 2.25. The minimum atomic E-state index is -4.71. The molecule has 136 valence electrons. The van der Waals surface area contributed by atoms with E-state index < -0.39 is 6.36 Å². The number of benzene rings is 1. The molecule has 0 spiro atoms. The largest absolute Gasteiger partial charge is 0.573 e. The highest BCUT2D eigenvalue weighted by Crippen LogP contribution is 2.26. The van der Waals surface area contributed by atoms with E-state index in [0.717, 1.165) is 25.9 Å². The fourth-order valence-electron chi connectivity index (χ4n) is 2.66. The van der Waals surface area contributed by atoms with Crippen LogP contribution in [0.5, 0.6) is 5.75 Å². The molecule has 1 fully saturated rings. The molecule has 1 saturated heterocycles. The zero-order chi connectivity index (χ0) is 16.7. The molecule has 0 saturated carbocycles. The molecule has 0 bridgehead atoms. The Hall–Kier alpha value is -1.47. The number of hydrogen-bond acceptors (Lipinski definition) is 3. The topological polar surface area (TPSA) is 50.4 Å². The molecular formula is C16H22ClF3N2O2. The second-order valence-electron chi connectivity index (χ2n) is 5.65. The van der Waals surface area contributed by atoms with E-state index in [2.05, 4.69) is 15.4 Å². The van der Waals surface area contributed by atoms with Crippen molar-refractivity contribution in [2.24, 2.45) is 5.92 Å². The van der Waals surface area contributed by atoms with Crippen LogP contribution in [0.3, 0.4) is 0 Å². The lowest BCUT2D eigenvalue weighted by molar-refractivity contribution is -0.274. The number of rotatable bonds is 7. The SMILES string of the molecule is Cl.O=C(CCC1CCNC1)NCCc1ccccc1OC(F)(F)F. The molecule has 1 amide bonds. The van der Waals surface area contributed by atoms with Gasteiger partial charge in [-0.05, 0) is 49.9 Å². The van der Waals surface area contributed by atoms with Gasteiger partial charge in [-0.25, -0.2) is 0 Å². The Balaban J connectivity index is 0.00000288. The molecule has 0 aromatic heterocycles. The minimum absolute atomic E-state index is 0. The summed E-state index contributed by atoms with van der Waals surface area (Å²) in [5.74, 6) is 0.263. The third-order valence-electron chi connectivity index (χ3n) is 3.86. The lowest BCUT2D eigenvalue weighted by Gasteiger charge is -2.13. The smallest absolute Gasteiger partial charge is 0.406 e. The van der Waals surface area contributed by atoms with Crippen LogP contribution in [-0.4, -0.2) is 31.9 Å². The van der Waals surface area contributed by atoms with Gasteiger partial charge in [0.05, 0.1) is 0 Å². The highest BCUT2D eigenvalue weighted by atomic mass is 35.5. The van der Waals surface area contributed by atoms with Gasteiger partial charge >= 0.3 is 6.36 Å². The van der Waals surface area contributed by atoms with Gasteiger partial charge in [0, 0.05) is 13.0 Å². The standard InChI is InChI=1S/C16H21F3N2O2.ClH/c17-16(18,19)23-14-4-2-1-3-13(14)8-10-21-15(22)6-5-12-7-9-20-11-12;/h1-4,12,20H,5-11H2,(H,21,22);1H. The number of hydrogen-bond donors (Lipinski definition) is 2. The summed E-state index contributed by atoms with van der Waals surface area (Å²) in [6, 6.07) is 5.97. The molecule has 24 heavy (non-hydrogen) atoms. The van der Waals surface area contributed by atoms with Crippen molar-refractivity contribution >= 4 is 18.3 Å². The molecule has 4 nitrogen and oxygen atoms in total. The Kier molecular flexibility index (Phi) is 8.35. The molecule has 1 aliphatic heterocycles. The summed E-state index contributed by atoms with van der Waals surface area (Å²) in [6.07, 6.45) is -2.03. The lowest BCUT2D eigenvalue weighted by atomic mass is 10.0. The maximum Gasteiger partial charge on any atom is 0.573 e. The average molecular weight is 367 g/mol. The highest BCUT2D eigenvalue weighted by Gasteiger charge is 2.31. The Labute approximate surface area is 145 Å². The van der Waals surface area contributed by atoms with Crippen molar-refractivity contribution in [1.29, 1.82) is 0 Å². The maximum absolute atomic E-state index is 12.3. The summed E-state index contributed by atoms with van der Waals surface area (Å²) >= 11 is 0. The van der Waals surface area contributed by atoms with E-state index in [1.807, 2.05) is 0 Å². The maximum atomic E-state index is 12.3. The molecule has 0 radical (unpaired) electrons. The van der Waals surface area contributed by atoms with Gasteiger partial charge in [-0.1, -0.05) is 18.2 Å². The summed E-state index contributed by atoms with van der Waals surface area (Å²) in [7, 11) is 0. The van der Waals surface area contributed by atoms with Crippen LogP contribution in [0.15, 0.2) is 24.3 Å². The van der Waals surface area contributed by atoms with E-state index in [1.54, 1.807) is 12.1 Å². The quantitative estimate of drug-likeness (QED) is 0.779. The Morgan fingerprint density at radius 1 is 1.33 bits per heavy atom. The van der Waals surface area contributed by atoms with Crippen LogP contribution in [0.2, 0.25) is 0 Å². The van der Waals surface area contributed by atoms with Gasteiger partial charge in [-0.15, -0.1) is 25.6 Å². The number of para-hydroxylation sites is 1. The first-order chi connectivity index (χ1) is 10.9. The van der Waals surface area contributed by atoms with E-state index >= 15 is 0 Å². The second kappa shape index (κ2) is 9.74. The van der Waals surface area contributed by atoms with E-state index in [9.17, 15) is 18.0 Å². The first kappa shape index (κ1) is 20.6. The van der Waals surface area contributed by atoms with E-state index in [0.29, 0.717) is 30.9 Å². The predicted octanol–water partition coefficient (Wildman–Crippen LogP) is 3.06. The third-order valence-corrected chi connectivity index (χ3v) is 3.86. The fourth-order valence-corrected chi connectivity index (χ4v) is 2.66. The Morgan fingerprint density at radius 3 is 2.75 bits per heavy atom. The summed E-state index contributed by atoms with van der Waals surface area (Å²) in [4.78, 5) is 11.8. The third kappa shape index (κ3) is 7.40. The van der Waals surface area contributed by atoms with Gasteiger partial charge in [0.15, 0.2) is 0 Å². The van der Waals surface area contributed by atoms with Crippen molar-refractivity contribution in [3.05, 3.63) is 29.8 Å². The van der Waals surface area contributed by atoms with E-state index in [4.69, 9.17) is 0 Å². The monoisotopic (exact) mass is 366 g/mol. The van der Waals surface area contributed by atoms with E-state index in [1.165, 1.54) is 12.1 Å². The molecule has 2 N–H and O–H groups in total. The molecule has 2 rings (SSSR count). The van der Waals surface area contributed by atoms with Gasteiger partial charge < -0.3 is 15.4 Å².